The van der Waals surface area contributed by atoms with E-state index in [4.69, 9.17) is 0 Å². The summed E-state index contributed by atoms with van der Waals surface area (Å²) in [5, 5.41) is 9.62. The highest BCUT2D eigenvalue weighted by Gasteiger charge is 2.51. The van der Waals surface area contributed by atoms with Crippen LogP contribution < -0.4 is 0 Å². The van der Waals surface area contributed by atoms with Gasteiger partial charge in [-0.3, -0.25) is 4.90 Å². The Balaban J connectivity index is 2.03. The van der Waals surface area contributed by atoms with Gasteiger partial charge in [-0.2, -0.15) is 13.2 Å². The number of rotatable bonds is 4. The molecule has 114 valence electrons. The second kappa shape index (κ2) is 5.37. The van der Waals surface area contributed by atoms with Gasteiger partial charge in [0.05, 0.1) is 0 Å². The molecule has 1 aliphatic rings. The average Bonchev–Trinajstić information content (AvgIpc) is 2.89. The third-order valence-electron chi connectivity index (χ3n) is 3.95. The Morgan fingerprint density at radius 2 is 2.15 bits per heavy atom. The lowest BCUT2D eigenvalue weighted by Gasteiger charge is -2.34. The maximum atomic E-state index is 12.8. The molecule has 4 nitrogen and oxygen atoms in total. The van der Waals surface area contributed by atoms with Gasteiger partial charge in [-0.25, -0.2) is 4.98 Å². The monoisotopic (exact) mass is 291 g/mol. The Morgan fingerprint density at radius 1 is 1.45 bits per heavy atom. The summed E-state index contributed by atoms with van der Waals surface area (Å²) in [7, 11) is 0. The number of likely N-dealkylation sites (tertiary alicyclic amines) is 1. The predicted molar refractivity (Wildman–Crippen MR) is 68.2 cm³/mol. The molecule has 1 fully saturated rings. The van der Waals surface area contributed by atoms with Crippen LogP contribution in [0.3, 0.4) is 0 Å². The number of halogens is 3. The van der Waals surface area contributed by atoms with Gasteiger partial charge in [0.1, 0.15) is 5.82 Å². The summed E-state index contributed by atoms with van der Waals surface area (Å²) >= 11 is 0. The van der Waals surface area contributed by atoms with Crippen LogP contribution in [0, 0.1) is 6.92 Å². The van der Waals surface area contributed by atoms with Crippen molar-refractivity contribution in [1.29, 1.82) is 0 Å². The molecule has 1 N–H and O–H groups in total. The molecular weight excluding hydrogens is 271 g/mol. The van der Waals surface area contributed by atoms with Crippen LogP contribution in [0.1, 0.15) is 25.6 Å². The van der Waals surface area contributed by atoms with E-state index in [1.807, 2.05) is 17.7 Å². The first kappa shape index (κ1) is 15.3. The first-order valence-corrected chi connectivity index (χ1v) is 6.71. The van der Waals surface area contributed by atoms with Crippen LogP contribution in [0.25, 0.3) is 0 Å². The minimum Gasteiger partial charge on any atom is -0.380 e. The van der Waals surface area contributed by atoms with E-state index in [2.05, 4.69) is 4.98 Å². The largest absolute Gasteiger partial charge is 0.418 e. The summed E-state index contributed by atoms with van der Waals surface area (Å²) in [6, 6.07) is 0.0109. The summed E-state index contributed by atoms with van der Waals surface area (Å²) in [5.74, 6) is 0.847. The maximum absolute atomic E-state index is 12.8. The van der Waals surface area contributed by atoms with Crippen LogP contribution in [0.2, 0.25) is 0 Å². The normalized spacial score (nSPS) is 24.0. The van der Waals surface area contributed by atoms with E-state index >= 15 is 0 Å². The van der Waals surface area contributed by atoms with Crippen molar-refractivity contribution in [1.82, 2.24) is 14.5 Å². The number of nitrogens with zero attached hydrogens (tertiary/aromatic N) is 3. The minimum atomic E-state index is -4.61. The number of aryl methyl sites for hydroxylation is 1. The summed E-state index contributed by atoms with van der Waals surface area (Å²) in [4.78, 5) is 5.84. The van der Waals surface area contributed by atoms with E-state index in [-0.39, 0.29) is 12.6 Å². The van der Waals surface area contributed by atoms with Crippen LogP contribution in [-0.4, -0.2) is 50.5 Å². The fourth-order valence-electron chi connectivity index (χ4n) is 2.62. The second-order valence-corrected chi connectivity index (χ2v) is 5.66. The average molecular weight is 291 g/mol. The molecule has 2 rings (SSSR count). The molecule has 0 bridgehead atoms. The number of β-amino-alcohol motifs (C(OH)–C–C–N with tert-alkyl or cyclic N) is 1. The van der Waals surface area contributed by atoms with Crippen LogP contribution in [0.4, 0.5) is 13.2 Å². The Labute approximate surface area is 116 Å². The Hall–Kier alpha value is -1.08. The van der Waals surface area contributed by atoms with E-state index in [9.17, 15) is 18.3 Å². The molecule has 0 saturated carbocycles. The smallest absolute Gasteiger partial charge is 0.380 e. The Bertz CT molecular complexity index is 456. The van der Waals surface area contributed by atoms with Gasteiger partial charge in [0.25, 0.3) is 0 Å². The lowest BCUT2D eigenvalue weighted by atomic mass is 10.1. The fourth-order valence-corrected chi connectivity index (χ4v) is 2.62. The van der Waals surface area contributed by atoms with Crippen LogP contribution in [0.5, 0.6) is 0 Å². The van der Waals surface area contributed by atoms with Gasteiger partial charge < -0.3 is 9.67 Å². The van der Waals surface area contributed by atoms with Crippen molar-refractivity contribution >= 4 is 0 Å². The number of hydrogen-bond acceptors (Lipinski definition) is 3. The molecule has 0 aromatic carbocycles. The van der Waals surface area contributed by atoms with Crippen molar-refractivity contribution in [3.63, 3.8) is 0 Å². The van der Waals surface area contributed by atoms with Gasteiger partial charge in [-0.1, -0.05) is 0 Å². The molecule has 20 heavy (non-hydrogen) atoms. The van der Waals surface area contributed by atoms with Gasteiger partial charge >= 0.3 is 6.18 Å². The zero-order valence-electron chi connectivity index (χ0n) is 11.7. The van der Waals surface area contributed by atoms with Gasteiger partial charge in [0.15, 0.2) is 5.60 Å². The van der Waals surface area contributed by atoms with Gasteiger partial charge in [-0.05, 0) is 33.2 Å². The Kier molecular flexibility index (Phi) is 4.11. The summed E-state index contributed by atoms with van der Waals surface area (Å²) in [6.45, 7) is 3.52. The van der Waals surface area contributed by atoms with Crippen molar-refractivity contribution in [3.8, 4) is 0 Å². The molecule has 0 spiro atoms. The van der Waals surface area contributed by atoms with Crippen LogP contribution >= 0.6 is 0 Å². The first-order chi connectivity index (χ1) is 9.21. The predicted octanol–water partition coefficient (Wildman–Crippen LogP) is 1.97. The molecule has 0 radical (unpaired) electrons. The van der Waals surface area contributed by atoms with Gasteiger partial charge in [-0.15, -0.1) is 0 Å². The molecule has 0 amide bonds. The van der Waals surface area contributed by atoms with Gasteiger partial charge in [0.2, 0.25) is 0 Å². The highest BCUT2D eigenvalue weighted by Crippen LogP contribution is 2.32. The van der Waals surface area contributed by atoms with Crippen LogP contribution in [0.15, 0.2) is 12.4 Å². The lowest BCUT2D eigenvalue weighted by molar-refractivity contribution is -0.258. The quantitative estimate of drug-likeness (QED) is 0.922. The molecule has 0 unspecified atom stereocenters. The number of aromatic nitrogens is 2. The first-order valence-electron chi connectivity index (χ1n) is 6.71. The second-order valence-electron chi connectivity index (χ2n) is 5.66. The summed E-state index contributed by atoms with van der Waals surface area (Å²) in [5.41, 5.74) is -2.67. The summed E-state index contributed by atoms with van der Waals surface area (Å²) in [6.07, 6.45) is 0.594. The highest BCUT2D eigenvalue weighted by molar-refractivity contribution is 4.94. The lowest BCUT2D eigenvalue weighted by Crippen LogP contribution is -2.52. The van der Waals surface area contributed by atoms with Crippen LogP contribution in [-0.2, 0) is 6.54 Å². The van der Waals surface area contributed by atoms with E-state index < -0.39 is 11.8 Å². The van der Waals surface area contributed by atoms with E-state index in [0.29, 0.717) is 13.1 Å². The topological polar surface area (TPSA) is 41.3 Å². The van der Waals surface area contributed by atoms with Crippen molar-refractivity contribution in [2.24, 2.45) is 0 Å². The number of alkyl halides is 3. The third-order valence-corrected chi connectivity index (χ3v) is 3.95. The van der Waals surface area contributed by atoms with Crippen molar-refractivity contribution < 1.29 is 18.3 Å². The molecule has 2 heterocycles. The molecule has 1 saturated heterocycles. The van der Waals surface area contributed by atoms with E-state index in [1.54, 1.807) is 11.1 Å². The van der Waals surface area contributed by atoms with E-state index in [0.717, 1.165) is 25.6 Å². The van der Waals surface area contributed by atoms with Gasteiger partial charge in [0, 0.05) is 31.5 Å². The highest BCUT2D eigenvalue weighted by atomic mass is 19.4. The molecule has 2 atom stereocenters. The molecule has 7 heteroatoms. The SMILES string of the molecule is Cc1nccn1C[C@H]1CCCN1C[C@](C)(O)C(F)(F)F. The van der Waals surface area contributed by atoms with Crippen molar-refractivity contribution in [2.75, 3.05) is 13.1 Å². The van der Waals surface area contributed by atoms with E-state index in [1.165, 1.54) is 0 Å². The standard InChI is InChI=1S/C13H20F3N3O/c1-10-17-5-7-18(10)8-11-4-3-6-19(11)9-12(2,20)13(14,15)16/h5,7,11,20H,3-4,6,8-9H2,1-2H3/t11-,12+/m1/s1. The molecule has 1 aliphatic heterocycles. The maximum Gasteiger partial charge on any atom is 0.418 e. The third kappa shape index (κ3) is 3.15. The molecule has 1 aromatic rings. The zero-order valence-corrected chi connectivity index (χ0v) is 11.7. The van der Waals surface area contributed by atoms with Crippen molar-refractivity contribution in [3.05, 3.63) is 18.2 Å². The fraction of sp³-hybridized carbons (Fsp3) is 0.769. The molecular formula is C13H20F3N3O. The molecule has 0 aliphatic carbocycles. The zero-order chi connectivity index (χ0) is 15.0. The number of hydrogen-bond donors (Lipinski definition) is 1. The van der Waals surface area contributed by atoms with Crippen molar-refractivity contribution in [2.45, 2.75) is 51.1 Å². The Morgan fingerprint density at radius 3 is 2.70 bits per heavy atom. The molecule has 1 aromatic heterocycles. The number of aliphatic hydroxyl groups is 1. The summed E-state index contributed by atoms with van der Waals surface area (Å²) < 4.78 is 40.2. The minimum absolute atomic E-state index is 0.0109. The number of imidazole rings is 1.